The maximum absolute atomic E-state index is 5.93. The Morgan fingerprint density at radius 3 is 2.59 bits per heavy atom. The van der Waals surface area contributed by atoms with E-state index in [9.17, 15) is 0 Å². The van der Waals surface area contributed by atoms with Gasteiger partial charge in [-0.25, -0.2) is 0 Å². The van der Waals surface area contributed by atoms with Crippen molar-refractivity contribution in [2.24, 2.45) is 0 Å². The average Bonchev–Trinajstić information content (AvgIpc) is 2.37. The van der Waals surface area contributed by atoms with E-state index in [0.29, 0.717) is 0 Å². The topological polar surface area (TPSA) is 9.23 Å². The zero-order valence-electron chi connectivity index (χ0n) is 9.56. The molecule has 0 aromatic heterocycles. The normalized spacial score (nSPS) is 10.7. The summed E-state index contributed by atoms with van der Waals surface area (Å²) in [5, 5.41) is 0.743. The largest absolute Gasteiger partial charge is 0.496 e. The molecule has 0 heterocycles. The molecule has 0 atom stereocenters. The lowest BCUT2D eigenvalue weighted by molar-refractivity contribution is 0.414. The molecule has 0 saturated carbocycles. The van der Waals surface area contributed by atoms with Crippen molar-refractivity contribution in [3.8, 4) is 5.75 Å². The molecule has 0 aliphatic heterocycles. The van der Waals surface area contributed by atoms with Gasteiger partial charge in [0.05, 0.1) is 7.11 Å². The predicted molar refractivity (Wildman–Crippen MR) is 73.4 cm³/mol. The Hall–Kier alpha value is -1.73. The van der Waals surface area contributed by atoms with Gasteiger partial charge in [0.1, 0.15) is 5.75 Å². The maximum Gasteiger partial charge on any atom is 0.126 e. The average molecular weight is 245 g/mol. The lowest BCUT2D eigenvalue weighted by Crippen LogP contribution is -1.85. The van der Waals surface area contributed by atoms with Gasteiger partial charge in [-0.3, -0.25) is 0 Å². The number of hydrogen-bond donors (Lipinski definition) is 0. The molecule has 0 fully saturated rings. The monoisotopic (exact) mass is 244 g/mol. The van der Waals surface area contributed by atoms with Gasteiger partial charge in [0, 0.05) is 10.6 Å². The minimum Gasteiger partial charge on any atom is -0.496 e. The van der Waals surface area contributed by atoms with Crippen LogP contribution in [0.5, 0.6) is 5.75 Å². The highest BCUT2D eigenvalue weighted by molar-refractivity contribution is 6.30. The van der Waals surface area contributed by atoms with E-state index in [1.807, 2.05) is 60.7 Å². The lowest BCUT2D eigenvalue weighted by Gasteiger charge is -2.03. The zero-order chi connectivity index (χ0) is 12.1. The number of para-hydroxylation sites is 1. The molecule has 2 heteroatoms. The van der Waals surface area contributed by atoms with Gasteiger partial charge in [0.15, 0.2) is 0 Å². The van der Waals surface area contributed by atoms with Crippen LogP contribution in [0.25, 0.3) is 12.2 Å². The molecule has 17 heavy (non-hydrogen) atoms. The van der Waals surface area contributed by atoms with Crippen LogP contribution in [-0.2, 0) is 0 Å². The highest BCUT2D eigenvalue weighted by Crippen LogP contribution is 2.20. The molecular formula is C15H13ClO. The fraction of sp³-hybridized carbons (Fsp3) is 0.0667. The minimum atomic E-state index is 0.743. The van der Waals surface area contributed by atoms with Gasteiger partial charge >= 0.3 is 0 Å². The van der Waals surface area contributed by atoms with Crippen LogP contribution in [0.4, 0.5) is 0 Å². The van der Waals surface area contributed by atoms with Crippen LogP contribution < -0.4 is 4.74 Å². The van der Waals surface area contributed by atoms with Gasteiger partial charge in [0.25, 0.3) is 0 Å². The Labute approximate surface area is 106 Å². The first kappa shape index (κ1) is 11.7. The summed E-state index contributed by atoms with van der Waals surface area (Å²) in [6.45, 7) is 0. The van der Waals surface area contributed by atoms with Crippen LogP contribution in [-0.4, -0.2) is 7.11 Å². The Balaban J connectivity index is 2.26. The molecule has 0 saturated heterocycles. The van der Waals surface area contributed by atoms with E-state index in [2.05, 4.69) is 0 Å². The first-order valence-electron chi connectivity index (χ1n) is 5.36. The molecule has 1 nitrogen and oxygen atoms in total. The third-order valence-electron chi connectivity index (χ3n) is 2.44. The molecule has 86 valence electrons. The highest BCUT2D eigenvalue weighted by Gasteiger charge is 1.96. The smallest absolute Gasteiger partial charge is 0.126 e. The Kier molecular flexibility index (Phi) is 3.84. The van der Waals surface area contributed by atoms with Crippen molar-refractivity contribution in [1.82, 2.24) is 0 Å². The third kappa shape index (κ3) is 3.11. The van der Waals surface area contributed by atoms with Crippen molar-refractivity contribution in [2.75, 3.05) is 7.11 Å². The van der Waals surface area contributed by atoms with Crippen molar-refractivity contribution in [1.29, 1.82) is 0 Å². The molecule has 2 aromatic rings. The second-order valence-electron chi connectivity index (χ2n) is 3.63. The SMILES string of the molecule is COc1ccccc1/C=C/c1cccc(Cl)c1. The number of methoxy groups -OCH3 is 1. The summed E-state index contributed by atoms with van der Waals surface area (Å²) in [4.78, 5) is 0. The van der Waals surface area contributed by atoms with Crippen molar-refractivity contribution in [3.63, 3.8) is 0 Å². The van der Waals surface area contributed by atoms with Crippen LogP contribution >= 0.6 is 11.6 Å². The van der Waals surface area contributed by atoms with Crippen LogP contribution in [0.15, 0.2) is 48.5 Å². The number of hydrogen-bond acceptors (Lipinski definition) is 1. The number of rotatable bonds is 3. The molecule has 0 unspecified atom stereocenters. The summed E-state index contributed by atoms with van der Waals surface area (Å²) < 4.78 is 5.28. The quantitative estimate of drug-likeness (QED) is 0.722. The van der Waals surface area contributed by atoms with Crippen LogP contribution in [0.1, 0.15) is 11.1 Å². The van der Waals surface area contributed by atoms with E-state index >= 15 is 0 Å². The minimum absolute atomic E-state index is 0.743. The third-order valence-corrected chi connectivity index (χ3v) is 2.68. The summed E-state index contributed by atoms with van der Waals surface area (Å²) in [6.07, 6.45) is 4.04. The first-order valence-corrected chi connectivity index (χ1v) is 5.74. The van der Waals surface area contributed by atoms with Crippen LogP contribution in [0, 0.1) is 0 Å². The summed E-state index contributed by atoms with van der Waals surface area (Å²) in [6, 6.07) is 15.6. The van der Waals surface area contributed by atoms with Gasteiger partial charge in [-0.15, -0.1) is 0 Å². The summed E-state index contributed by atoms with van der Waals surface area (Å²) in [7, 11) is 1.67. The van der Waals surface area contributed by atoms with E-state index in [4.69, 9.17) is 16.3 Å². The van der Waals surface area contributed by atoms with Crippen molar-refractivity contribution in [3.05, 3.63) is 64.7 Å². The van der Waals surface area contributed by atoms with Gasteiger partial charge in [-0.05, 0) is 23.8 Å². The maximum atomic E-state index is 5.93. The predicted octanol–water partition coefficient (Wildman–Crippen LogP) is 4.52. The van der Waals surface area contributed by atoms with Crippen LogP contribution in [0.2, 0.25) is 5.02 Å². The van der Waals surface area contributed by atoms with Gasteiger partial charge in [-0.1, -0.05) is 54.1 Å². The molecule has 0 N–H and O–H groups in total. The van der Waals surface area contributed by atoms with Gasteiger partial charge < -0.3 is 4.74 Å². The zero-order valence-corrected chi connectivity index (χ0v) is 10.3. The first-order chi connectivity index (χ1) is 8.29. The lowest BCUT2D eigenvalue weighted by atomic mass is 10.1. The Morgan fingerprint density at radius 2 is 1.82 bits per heavy atom. The number of halogens is 1. The molecule has 0 aliphatic carbocycles. The molecule has 2 rings (SSSR count). The Bertz CT molecular complexity index is 532. The van der Waals surface area contributed by atoms with Crippen molar-refractivity contribution in [2.45, 2.75) is 0 Å². The molecule has 0 bridgehead atoms. The van der Waals surface area contributed by atoms with E-state index < -0.39 is 0 Å². The van der Waals surface area contributed by atoms with Gasteiger partial charge in [-0.2, -0.15) is 0 Å². The number of benzene rings is 2. The number of ether oxygens (including phenoxy) is 1. The molecular weight excluding hydrogens is 232 g/mol. The molecule has 0 aliphatic rings. The molecule has 2 aromatic carbocycles. The molecule has 0 radical (unpaired) electrons. The summed E-state index contributed by atoms with van der Waals surface area (Å²) in [5.41, 5.74) is 2.12. The van der Waals surface area contributed by atoms with Crippen molar-refractivity contribution < 1.29 is 4.74 Å². The van der Waals surface area contributed by atoms with E-state index in [1.165, 1.54) is 0 Å². The summed E-state index contributed by atoms with van der Waals surface area (Å²) >= 11 is 5.93. The van der Waals surface area contributed by atoms with Gasteiger partial charge in [0.2, 0.25) is 0 Å². The van der Waals surface area contributed by atoms with E-state index in [1.54, 1.807) is 7.11 Å². The van der Waals surface area contributed by atoms with E-state index in [0.717, 1.165) is 21.9 Å². The van der Waals surface area contributed by atoms with Crippen molar-refractivity contribution >= 4 is 23.8 Å². The molecule has 0 spiro atoms. The van der Waals surface area contributed by atoms with E-state index in [-0.39, 0.29) is 0 Å². The fourth-order valence-corrected chi connectivity index (χ4v) is 1.80. The second kappa shape index (κ2) is 5.55. The Morgan fingerprint density at radius 1 is 1.00 bits per heavy atom. The van der Waals surface area contributed by atoms with Crippen LogP contribution in [0.3, 0.4) is 0 Å². The highest BCUT2D eigenvalue weighted by atomic mass is 35.5. The fourth-order valence-electron chi connectivity index (χ4n) is 1.60. The summed E-state index contributed by atoms with van der Waals surface area (Å²) in [5.74, 6) is 0.866. The standard InChI is InChI=1S/C15H13ClO/c1-17-15-8-3-2-6-13(15)10-9-12-5-4-7-14(16)11-12/h2-11H,1H3/b10-9+. The second-order valence-corrected chi connectivity index (χ2v) is 4.07. The molecule has 0 amide bonds.